The summed E-state index contributed by atoms with van der Waals surface area (Å²) in [6.07, 6.45) is 1.79. The smallest absolute Gasteiger partial charge is 0.228 e. The van der Waals surface area contributed by atoms with Gasteiger partial charge in [-0.05, 0) is 24.8 Å². The first-order valence-electron chi connectivity index (χ1n) is 7.36. The molecule has 0 saturated carbocycles. The van der Waals surface area contributed by atoms with Gasteiger partial charge in [0.25, 0.3) is 0 Å². The Morgan fingerprint density at radius 2 is 2.10 bits per heavy atom. The molecule has 3 atom stereocenters. The molecule has 0 spiro atoms. The molecule has 1 N–H and O–H groups in total. The first kappa shape index (κ1) is 13.6. The molecule has 0 radical (unpaired) electrons. The predicted octanol–water partition coefficient (Wildman–Crippen LogP) is 1.23. The van der Waals surface area contributed by atoms with Crippen molar-refractivity contribution in [1.82, 2.24) is 4.90 Å². The van der Waals surface area contributed by atoms with Crippen molar-refractivity contribution in [2.24, 2.45) is 5.92 Å². The summed E-state index contributed by atoms with van der Waals surface area (Å²) in [5.41, 5.74) is 1.17. The predicted molar refractivity (Wildman–Crippen MR) is 75.2 cm³/mol. The van der Waals surface area contributed by atoms with Crippen LogP contribution < -0.4 is 0 Å². The van der Waals surface area contributed by atoms with Crippen LogP contribution in [0.4, 0.5) is 0 Å². The highest BCUT2D eigenvalue weighted by Crippen LogP contribution is 2.26. The Hall–Kier alpha value is -1.39. The maximum absolute atomic E-state index is 12.5. The summed E-state index contributed by atoms with van der Waals surface area (Å²) in [5.74, 6) is 0.138. The SMILES string of the molecule is O=C(C1CCOC1)N1CC[C@@H](O)[C@H]1Cc1ccccc1. The molecule has 3 rings (SSSR count). The van der Waals surface area contributed by atoms with E-state index in [1.807, 2.05) is 35.2 Å². The van der Waals surface area contributed by atoms with Crippen LogP contribution in [0.3, 0.4) is 0 Å². The highest BCUT2D eigenvalue weighted by atomic mass is 16.5. The molecule has 0 bridgehead atoms. The third-order valence-corrected chi connectivity index (χ3v) is 4.36. The van der Waals surface area contributed by atoms with Gasteiger partial charge in [-0.2, -0.15) is 0 Å². The number of nitrogens with zero attached hydrogens (tertiary/aromatic N) is 1. The third kappa shape index (κ3) is 2.72. The van der Waals surface area contributed by atoms with Gasteiger partial charge in [0.2, 0.25) is 5.91 Å². The zero-order valence-corrected chi connectivity index (χ0v) is 11.6. The van der Waals surface area contributed by atoms with Crippen molar-refractivity contribution in [3.63, 3.8) is 0 Å². The van der Waals surface area contributed by atoms with Crippen molar-refractivity contribution in [2.75, 3.05) is 19.8 Å². The normalized spacial score (nSPS) is 29.9. The van der Waals surface area contributed by atoms with E-state index in [0.717, 1.165) is 12.8 Å². The Labute approximate surface area is 119 Å². The lowest BCUT2D eigenvalue weighted by Crippen LogP contribution is -2.44. The highest BCUT2D eigenvalue weighted by molar-refractivity contribution is 5.80. The van der Waals surface area contributed by atoms with Crippen LogP contribution in [0.15, 0.2) is 30.3 Å². The Bertz CT molecular complexity index is 456. The van der Waals surface area contributed by atoms with Gasteiger partial charge in [-0.15, -0.1) is 0 Å². The fourth-order valence-electron chi connectivity index (χ4n) is 3.18. The van der Waals surface area contributed by atoms with Gasteiger partial charge in [0.15, 0.2) is 0 Å². The van der Waals surface area contributed by atoms with E-state index < -0.39 is 6.10 Å². The quantitative estimate of drug-likeness (QED) is 0.902. The van der Waals surface area contributed by atoms with Gasteiger partial charge in [-0.1, -0.05) is 30.3 Å². The highest BCUT2D eigenvalue weighted by Gasteiger charge is 2.39. The molecule has 1 aromatic carbocycles. The van der Waals surface area contributed by atoms with Gasteiger partial charge >= 0.3 is 0 Å². The van der Waals surface area contributed by atoms with Crippen LogP contribution in [-0.2, 0) is 16.0 Å². The van der Waals surface area contributed by atoms with Crippen LogP contribution in [0.1, 0.15) is 18.4 Å². The third-order valence-electron chi connectivity index (χ3n) is 4.36. The zero-order valence-electron chi connectivity index (χ0n) is 11.6. The second-order valence-corrected chi connectivity index (χ2v) is 5.71. The topological polar surface area (TPSA) is 49.8 Å². The molecule has 20 heavy (non-hydrogen) atoms. The van der Waals surface area contributed by atoms with Crippen molar-refractivity contribution in [2.45, 2.75) is 31.4 Å². The van der Waals surface area contributed by atoms with Crippen LogP contribution >= 0.6 is 0 Å². The average Bonchev–Trinajstić information content (AvgIpc) is 3.11. The van der Waals surface area contributed by atoms with E-state index in [1.165, 1.54) is 5.56 Å². The number of ether oxygens (including phenoxy) is 1. The van der Waals surface area contributed by atoms with Crippen molar-refractivity contribution >= 4 is 5.91 Å². The maximum Gasteiger partial charge on any atom is 0.228 e. The van der Waals surface area contributed by atoms with Gasteiger partial charge in [0.05, 0.1) is 24.7 Å². The molecule has 0 aliphatic carbocycles. The van der Waals surface area contributed by atoms with Gasteiger partial charge in [-0.3, -0.25) is 4.79 Å². The molecule has 1 unspecified atom stereocenters. The Morgan fingerprint density at radius 1 is 1.30 bits per heavy atom. The second-order valence-electron chi connectivity index (χ2n) is 5.71. The van der Waals surface area contributed by atoms with Crippen LogP contribution in [0.2, 0.25) is 0 Å². The zero-order chi connectivity index (χ0) is 13.9. The van der Waals surface area contributed by atoms with Crippen molar-refractivity contribution in [3.05, 3.63) is 35.9 Å². The molecule has 1 amide bonds. The molecule has 2 aliphatic heterocycles. The molecular formula is C16H21NO3. The van der Waals surface area contributed by atoms with E-state index in [4.69, 9.17) is 4.74 Å². The summed E-state index contributed by atoms with van der Waals surface area (Å²) < 4.78 is 5.31. The number of aliphatic hydroxyl groups is 1. The van der Waals surface area contributed by atoms with E-state index in [9.17, 15) is 9.90 Å². The number of hydrogen-bond acceptors (Lipinski definition) is 3. The number of carbonyl (C=O) groups excluding carboxylic acids is 1. The van der Waals surface area contributed by atoms with Crippen LogP contribution in [0.5, 0.6) is 0 Å². The minimum atomic E-state index is -0.415. The van der Waals surface area contributed by atoms with Crippen LogP contribution in [0.25, 0.3) is 0 Å². The number of likely N-dealkylation sites (tertiary alicyclic amines) is 1. The standard InChI is InChI=1S/C16H21NO3/c18-15-6-8-17(16(19)13-7-9-20-11-13)14(15)10-12-4-2-1-3-5-12/h1-5,13-15,18H,6-11H2/t13?,14-,15-/m1/s1. The first-order valence-corrected chi connectivity index (χ1v) is 7.36. The van der Waals surface area contributed by atoms with Crippen LogP contribution in [0, 0.1) is 5.92 Å². The summed E-state index contributed by atoms with van der Waals surface area (Å²) >= 11 is 0. The minimum absolute atomic E-state index is 0.0152. The number of benzene rings is 1. The number of carbonyl (C=O) groups is 1. The molecule has 2 fully saturated rings. The van der Waals surface area contributed by atoms with E-state index in [1.54, 1.807) is 0 Å². The van der Waals surface area contributed by atoms with Gasteiger partial charge < -0.3 is 14.7 Å². The van der Waals surface area contributed by atoms with Gasteiger partial charge in [0.1, 0.15) is 0 Å². The maximum atomic E-state index is 12.5. The molecule has 0 aromatic heterocycles. The number of amides is 1. The molecule has 108 valence electrons. The van der Waals surface area contributed by atoms with Crippen LogP contribution in [-0.4, -0.2) is 47.8 Å². The summed E-state index contributed by atoms with van der Waals surface area (Å²) in [5, 5.41) is 10.2. The van der Waals surface area contributed by atoms with Crippen molar-refractivity contribution in [1.29, 1.82) is 0 Å². The molecule has 1 aromatic rings. The van der Waals surface area contributed by atoms with E-state index in [0.29, 0.717) is 26.2 Å². The van der Waals surface area contributed by atoms with E-state index in [-0.39, 0.29) is 17.9 Å². The largest absolute Gasteiger partial charge is 0.391 e. The van der Waals surface area contributed by atoms with Crippen molar-refractivity contribution in [3.8, 4) is 0 Å². The first-order chi connectivity index (χ1) is 9.75. The molecular weight excluding hydrogens is 254 g/mol. The molecule has 2 aliphatic rings. The monoisotopic (exact) mass is 275 g/mol. The Balaban J connectivity index is 1.71. The minimum Gasteiger partial charge on any atom is -0.391 e. The fraction of sp³-hybridized carbons (Fsp3) is 0.562. The summed E-state index contributed by atoms with van der Waals surface area (Å²) in [4.78, 5) is 14.4. The Kier molecular flexibility index (Phi) is 4.03. The molecule has 2 saturated heterocycles. The van der Waals surface area contributed by atoms with E-state index >= 15 is 0 Å². The molecule has 4 heteroatoms. The fourth-order valence-corrected chi connectivity index (χ4v) is 3.18. The van der Waals surface area contributed by atoms with Gasteiger partial charge in [-0.25, -0.2) is 0 Å². The molecule has 4 nitrogen and oxygen atoms in total. The number of rotatable bonds is 3. The lowest BCUT2D eigenvalue weighted by molar-refractivity contribution is -0.137. The van der Waals surface area contributed by atoms with E-state index in [2.05, 4.69) is 0 Å². The van der Waals surface area contributed by atoms with Crippen molar-refractivity contribution < 1.29 is 14.6 Å². The number of hydrogen-bond donors (Lipinski definition) is 1. The summed E-state index contributed by atoms with van der Waals surface area (Å²) in [7, 11) is 0. The lowest BCUT2D eigenvalue weighted by Gasteiger charge is -2.28. The second kappa shape index (κ2) is 5.94. The number of aliphatic hydroxyl groups excluding tert-OH is 1. The van der Waals surface area contributed by atoms with Gasteiger partial charge in [0, 0.05) is 13.2 Å². The Morgan fingerprint density at radius 3 is 2.80 bits per heavy atom. The summed E-state index contributed by atoms with van der Waals surface area (Å²) in [6.45, 7) is 1.87. The lowest BCUT2D eigenvalue weighted by atomic mass is 10.0. The molecule has 2 heterocycles. The summed E-state index contributed by atoms with van der Waals surface area (Å²) in [6, 6.07) is 9.97. The average molecular weight is 275 g/mol.